The first kappa shape index (κ1) is 12.6. The first-order chi connectivity index (χ1) is 8.52. The molecule has 94 valence electrons. The van der Waals surface area contributed by atoms with Gasteiger partial charge in [-0.05, 0) is 18.4 Å². The highest BCUT2D eigenvalue weighted by Gasteiger charge is 2.15. The number of hydrogen-bond donors (Lipinski definition) is 0. The van der Waals surface area contributed by atoms with E-state index in [0.29, 0.717) is 5.92 Å². The molecule has 2 aromatic rings. The number of hydrogen-bond acceptors (Lipinski definition) is 2. The van der Waals surface area contributed by atoms with Crippen molar-refractivity contribution in [1.82, 2.24) is 9.78 Å². The van der Waals surface area contributed by atoms with Crippen molar-refractivity contribution in [2.45, 2.75) is 26.7 Å². The van der Waals surface area contributed by atoms with Crippen LogP contribution >= 0.6 is 0 Å². The monoisotopic (exact) mass is 242 g/mol. The van der Waals surface area contributed by atoms with E-state index in [1.807, 2.05) is 43.0 Å². The molecule has 18 heavy (non-hydrogen) atoms. The summed E-state index contributed by atoms with van der Waals surface area (Å²) in [5.74, 6) is 0.334. The van der Waals surface area contributed by atoms with Gasteiger partial charge >= 0.3 is 0 Å². The van der Waals surface area contributed by atoms with Gasteiger partial charge in [-0.1, -0.05) is 37.6 Å². The van der Waals surface area contributed by atoms with Crippen molar-refractivity contribution in [3.8, 4) is 11.1 Å². The first-order valence-electron chi connectivity index (χ1n) is 6.12. The van der Waals surface area contributed by atoms with Crippen LogP contribution in [0, 0.1) is 6.92 Å². The van der Waals surface area contributed by atoms with Crippen molar-refractivity contribution in [2.24, 2.45) is 7.05 Å². The molecule has 0 atom stereocenters. The molecule has 2 rings (SSSR count). The SMILES string of the molecule is Cc1ccc(C=O)c(-c2cn(C)nc2C(C)C)c1. The van der Waals surface area contributed by atoms with Gasteiger partial charge in [0.25, 0.3) is 0 Å². The number of carbonyl (C=O) groups is 1. The summed E-state index contributed by atoms with van der Waals surface area (Å²) in [4.78, 5) is 11.2. The Balaban J connectivity index is 2.67. The molecule has 0 fully saturated rings. The van der Waals surface area contributed by atoms with Crippen LogP contribution in [0.4, 0.5) is 0 Å². The van der Waals surface area contributed by atoms with Gasteiger partial charge in [-0.15, -0.1) is 0 Å². The van der Waals surface area contributed by atoms with E-state index >= 15 is 0 Å². The number of aryl methyl sites for hydroxylation is 2. The minimum absolute atomic E-state index is 0.334. The molecule has 3 nitrogen and oxygen atoms in total. The quantitative estimate of drug-likeness (QED) is 0.774. The molecule has 0 spiro atoms. The smallest absolute Gasteiger partial charge is 0.150 e. The molecule has 0 aliphatic heterocycles. The molecular formula is C15H18N2O. The predicted molar refractivity (Wildman–Crippen MR) is 72.9 cm³/mol. The molecular weight excluding hydrogens is 224 g/mol. The Bertz CT molecular complexity index is 582. The molecule has 1 aromatic carbocycles. The summed E-state index contributed by atoms with van der Waals surface area (Å²) in [5, 5.41) is 4.49. The fourth-order valence-corrected chi connectivity index (χ4v) is 2.15. The summed E-state index contributed by atoms with van der Waals surface area (Å²) in [7, 11) is 1.91. The van der Waals surface area contributed by atoms with Crippen LogP contribution in [0.1, 0.15) is 41.4 Å². The van der Waals surface area contributed by atoms with Gasteiger partial charge in [0.05, 0.1) is 5.69 Å². The zero-order valence-corrected chi connectivity index (χ0v) is 11.3. The van der Waals surface area contributed by atoms with Crippen LogP contribution in [0.2, 0.25) is 0 Å². The third-order valence-corrected chi connectivity index (χ3v) is 3.03. The molecule has 0 saturated carbocycles. The minimum Gasteiger partial charge on any atom is -0.298 e. The van der Waals surface area contributed by atoms with Crippen molar-refractivity contribution in [3.05, 3.63) is 41.2 Å². The van der Waals surface area contributed by atoms with E-state index in [1.54, 1.807) is 0 Å². The standard InChI is InChI=1S/C15H18N2O/c1-10(2)15-14(8-17(4)16-15)13-7-11(3)5-6-12(13)9-18/h5-10H,1-4H3. The molecule has 1 aromatic heterocycles. The Hall–Kier alpha value is -1.90. The number of aromatic nitrogens is 2. The number of aldehydes is 1. The number of benzene rings is 1. The Morgan fingerprint density at radius 3 is 2.61 bits per heavy atom. The van der Waals surface area contributed by atoms with Crippen molar-refractivity contribution in [1.29, 1.82) is 0 Å². The molecule has 0 bridgehead atoms. The van der Waals surface area contributed by atoms with Gasteiger partial charge in [-0.3, -0.25) is 9.48 Å². The normalized spacial score (nSPS) is 10.9. The van der Waals surface area contributed by atoms with Crippen LogP contribution < -0.4 is 0 Å². The van der Waals surface area contributed by atoms with Gasteiger partial charge < -0.3 is 0 Å². The summed E-state index contributed by atoms with van der Waals surface area (Å²) in [6, 6.07) is 5.88. The topological polar surface area (TPSA) is 34.9 Å². The Morgan fingerprint density at radius 2 is 2.00 bits per heavy atom. The lowest BCUT2D eigenvalue weighted by atomic mass is 9.95. The lowest BCUT2D eigenvalue weighted by molar-refractivity contribution is 0.112. The molecule has 0 aliphatic carbocycles. The van der Waals surface area contributed by atoms with Gasteiger partial charge in [0.15, 0.2) is 6.29 Å². The summed E-state index contributed by atoms with van der Waals surface area (Å²) >= 11 is 0. The van der Waals surface area contributed by atoms with Crippen LogP contribution in [-0.2, 0) is 7.05 Å². The lowest BCUT2D eigenvalue weighted by Crippen LogP contribution is -1.95. The molecule has 0 N–H and O–H groups in total. The molecule has 0 aliphatic rings. The second-order valence-electron chi connectivity index (χ2n) is 4.96. The first-order valence-corrected chi connectivity index (χ1v) is 6.12. The van der Waals surface area contributed by atoms with Crippen LogP contribution in [0.15, 0.2) is 24.4 Å². The highest BCUT2D eigenvalue weighted by atomic mass is 16.1. The number of carbonyl (C=O) groups excluding carboxylic acids is 1. The summed E-state index contributed by atoms with van der Waals surface area (Å²) < 4.78 is 1.81. The van der Waals surface area contributed by atoms with E-state index in [4.69, 9.17) is 0 Å². The summed E-state index contributed by atoms with van der Waals surface area (Å²) in [6.07, 6.45) is 2.89. The zero-order valence-electron chi connectivity index (χ0n) is 11.3. The molecule has 1 heterocycles. The van der Waals surface area contributed by atoms with Crippen molar-refractivity contribution in [2.75, 3.05) is 0 Å². The van der Waals surface area contributed by atoms with Crippen LogP contribution in [0.3, 0.4) is 0 Å². The average Bonchev–Trinajstić information content (AvgIpc) is 2.71. The van der Waals surface area contributed by atoms with E-state index in [1.165, 1.54) is 0 Å². The van der Waals surface area contributed by atoms with E-state index in [9.17, 15) is 4.79 Å². The highest BCUT2D eigenvalue weighted by molar-refractivity contribution is 5.88. The van der Waals surface area contributed by atoms with Gasteiger partial charge in [-0.2, -0.15) is 5.10 Å². The van der Waals surface area contributed by atoms with Gasteiger partial charge in [0.2, 0.25) is 0 Å². The fraction of sp³-hybridized carbons (Fsp3) is 0.333. The van der Waals surface area contributed by atoms with Crippen LogP contribution in [0.25, 0.3) is 11.1 Å². The predicted octanol–water partition coefficient (Wildman–Crippen LogP) is 3.33. The van der Waals surface area contributed by atoms with Gasteiger partial charge in [0, 0.05) is 24.4 Å². The maximum atomic E-state index is 11.2. The van der Waals surface area contributed by atoms with E-state index in [0.717, 1.165) is 34.2 Å². The minimum atomic E-state index is 0.334. The molecule has 0 unspecified atom stereocenters. The average molecular weight is 242 g/mol. The third kappa shape index (κ3) is 2.21. The largest absolute Gasteiger partial charge is 0.298 e. The fourth-order valence-electron chi connectivity index (χ4n) is 2.15. The molecule has 3 heteroatoms. The van der Waals surface area contributed by atoms with Crippen LogP contribution in [0.5, 0.6) is 0 Å². The van der Waals surface area contributed by atoms with E-state index < -0.39 is 0 Å². The maximum Gasteiger partial charge on any atom is 0.150 e. The van der Waals surface area contributed by atoms with Crippen molar-refractivity contribution < 1.29 is 4.79 Å². The van der Waals surface area contributed by atoms with E-state index in [-0.39, 0.29) is 0 Å². The Morgan fingerprint density at radius 1 is 1.28 bits per heavy atom. The van der Waals surface area contributed by atoms with Crippen molar-refractivity contribution in [3.63, 3.8) is 0 Å². The lowest BCUT2D eigenvalue weighted by Gasteiger charge is -2.08. The molecule has 0 amide bonds. The number of nitrogens with zero attached hydrogens (tertiary/aromatic N) is 2. The summed E-state index contributed by atoms with van der Waals surface area (Å²) in [5.41, 5.74) is 4.93. The van der Waals surface area contributed by atoms with Gasteiger partial charge in [-0.25, -0.2) is 0 Å². The molecule has 0 saturated heterocycles. The third-order valence-electron chi connectivity index (χ3n) is 3.03. The Kier molecular flexibility index (Phi) is 3.32. The Labute approximate surface area is 107 Å². The van der Waals surface area contributed by atoms with Crippen LogP contribution in [-0.4, -0.2) is 16.1 Å². The van der Waals surface area contributed by atoms with E-state index in [2.05, 4.69) is 18.9 Å². The van der Waals surface area contributed by atoms with Gasteiger partial charge in [0.1, 0.15) is 0 Å². The second-order valence-corrected chi connectivity index (χ2v) is 4.96. The highest BCUT2D eigenvalue weighted by Crippen LogP contribution is 2.30. The number of rotatable bonds is 3. The molecule has 0 radical (unpaired) electrons. The maximum absolute atomic E-state index is 11.2. The zero-order chi connectivity index (χ0) is 13.3. The summed E-state index contributed by atoms with van der Waals surface area (Å²) in [6.45, 7) is 6.26. The van der Waals surface area contributed by atoms with Crippen molar-refractivity contribution >= 4 is 6.29 Å². The second kappa shape index (κ2) is 4.77.